The highest BCUT2D eigenvalue weighted by atomic mass is 79.9. The van der Waals surface area contributed by atoms with Crippen molar-refractivity contribution in [3.63, 3.8) is 0 Å². The Kier molecular flexibility index (Phi) is 5.65. The highest BCUT2D eigenvalue weighted by Gasteiger charge is 2.14. The topological polar surface area (TPSA) is 29.5 Å². The van der Waals surface area contributed by atoms with Gasteiger partial charge in [-0.15, -0.1) is 0 Å². The van der Waals surface area contributed by atoms with Crippen molar-refractivity contribution >= 4 is 21.8 Å². The lowest BCUT2D eigenvalue weighted by Crippen LogP contribution is -2.29. The molecule has 0 aromatic heterocycles. The third-order valence-corrected chi connectivity index (χ3v) is 3.55. The van der Waals surface area contributed by atoms with Gasteiger partial charge in [0.2, 0.25) is 0 Å². The van der Waals surface area contributed by atoms with Crippen molar-refractivity contribution in [2.75, 3.05) is 27.3 Å². The summed E-state index contributed by atoms with van der Waals surface area (Å²) in [4.78, 5) is 13.9. The second-order valence-electron chi connectivity index (χ2n) is 3.99. The third-order valence-electron chi connectivity index (χ3n) is 2.69. The standard InChI is InChI=1S/C13H18BrNO2/c1-10-11(6-4-7-12(10)14)13(16)15(2)8-5-9-17-3/h4,6-7H,5,8-9H2,1-3H3. The van der Waals surface area contributed by atoms with E-state index in [1.165, 1.54) is 0 Å². The Balaban J connectivity index is 2.71. The lowest BCUT2D eigenvalue weighted by atomic mass is 10.1. The minimum absolute atomic E-state index is 0.0555. The summed E-state index contributed by atoms with van der Waals surface area (Å²) in [5.74, 6) is 0.0555. The average molecular weight is 300 g/mol. The molecule has 0 bridgehead atoms. The molecule has 0 fully saturated rings. The van der Waals surface area contributed by atoms with Gasteiger partial charge in [-0.05, 0) is 31.0 Å². The Morgan fingerprint density at radius 1 is 1.47 bits per heavy atom. The number of nitrogens with zero attached hydrogens (tertiary/aromatic N) is 1. The molecule has 4 heteroatoms. The zero-order chi connectivity index (χ0) is 12.8. The largest absolute Gasteiger partial charge is 0.385 e. The lowest BCUT2D eigenvalue weighted by molar-refractivity contribution is 0.0778. The molecular formula is C13H18BrNO2. The molecule has 0 saturated heterocycles. The van der Waals surface area contributed by atoms with E-state index < -0.39 is 0 Å². The lowest BCUT2D eigenvalue weighted by Gasteiger charge is -2.18. The summed E-state index contributed by atoms with van der Waals surface area (Å²) in [5.41, 5.74) is 1.73. The highest BCUT2D eigenvalue weighted by Crippen LogP contribution is 2.20. The van der Waals surface area contributed by atoms with Crippen LogP contribution >= 0.6 is 15.9 Å². The molecule has 0 N–H and O–H groups in total. The van der Waals surface area contributed by atoms with Crippen LogP contribution in [0.4, 0.5) is 0 Å². The maximum Gasteiger partial charge on any atom is 0.253 e. The Hall–Kier alpha value is -0.870. The van der Waals surface area contributed by atoms with E-state index >= 15 is 0 Å². The normalized spacial score (nSPS) is 10.4. The first kappa shape index (κ1) is 14.2. The van der Waals surface area contributed by atoms with Crippen LogP contribution in [0.15, 0.2) is 22.7 Å². The first-order chi connectivity index (χ1) is 8.07. The molecule has 1 aromatic carbocycles. The predicted molar refractivity (Wildman–Crippen MR) is 72.3 cm³/mol. The van der Waals surface area contributed by atoms with Crippen molar-refractivity contribution in [3.05, 3.63) is 33.8 Å². The number of amides is 1. The zero-order valence-corrected chi connectivity index (χ0v) is 12.1. The number of ether oxygens (including phenoxy) is 1. The van der Waals surface area contributed by atoms with Gasteiger partial charge in [0.25, 0.3) is 5.91 Å². The smallest absolute Gasteiger partial charge is 0.253 e. The first-order valence-corrected chi connectivity index (χ1v) is 6.36. The molecular weight excluding hydrogens is 282 g/mol. The van der Waals surface area contributed by atoms with Crippen molar-refractivity contribution in [3.8, 4) is 0 Å². The van der Waals surface area contributed by atoms with Gasteiger partial charge >= 0.3 is 0 Å². The average Bonchev–Trinajstić information content (AvgIpc) is 2.32. The quantitative estimate of drug-likeness (QED) is 0.783. The molecule has 17 heavy (non-hydrogen) atoms. The minimum atomic E-state index is 0.0555. The van der Waals surface area contributed by atoms with Crippen LogP contribution in [-0.4, -0.2) is 38.1 Å². The molecule has 3 nitrogen and oxygen atoms in total. The predicted octanol–water partition coefficient (Wildman–Crippen LogP) is 2.87. The Morgan fingerprint density at radius 2 is 2.18 bits per heavy atom. The number of methoxy groups -OCH3 is 1. The van der Waals surface area contributed by atoms with Gasteiger partial charge in [-0.25, -0.2) is 0 Å². The number of hydrogen-bond acceptors (Lipinski definition) is 2. The molecule has 1 aromatic rings. The summed E-state index contributed by atoms with van der Waals surface area (Å²) in [7, 11) is 3.48. The van der Waals surface area contributed by atoms with E-state index in [2.05, 4.69) is 15.9 Å². The van der Waals surface area contributed by atoms with E-state index in [1.807, 2.05) is 32.2 Å². The van der Waals surface area contributed by atoms with Crippen LogP contribution in [0.3, 0.4) is 0 Å². The van der Waals surface area contributed by atoms with Crippen molar-refractivity contribution in [2.24, 2.45) is 0 Å². The summed E-state index contributed by atoms with van der Waals surface area (Å²) < 4.78 is 5.94. The molecule has 0 heterocycles. The molecule has 1 amide bonds. The molecule has 0 radical (unpaired) electrons. The van der Waals surface area contributed by atoms with Crippen molar-refractivity contribution in [1.29, 1.82) is 0 Å². The summed E-state index contributed by atoms with van der Waals surface area (Å²) in [6.45, 7) is 3.33. The van der Waals surface area contributed by atoms with Crippen LogP contribution in [0, 0.1) is 6.92 Å². The summed E-state index contributed by atoms with van der Waals surface area (Å²) in [5, 5.41) is 0. The summed E-state index contributed by atoms with van der Waals surface area (Å²) in [6.07, 6.45) is 0.853. The molecule has 1 rings (SSSR count). The van der Waals surface area contributed by atoms with Crippen LogP contribution in [0.25, 0.3) is 0 Å². The van der Waals surface area contributed by atoms with Gasteiger partial charge in [-0.3, -0.25) is 4.79 Å². The fraction of sp³-hybridized carbons (Fsp3) is 0.462. The third kappa shape index (κ3) is 3.82. The van der Waals surface area contributed by atoms with E-state index in [0.717, 1.165) is 22.0 Å². The van der Waals surface area contributed by atoms with Gasteiger partial charge in [-0.2, -0.15) is 0 Å². The number of carbonyl (C=O) groups excluding carboxylic acids is 1. The van der Waals surface area contributed by atoms with E-state index in [1.54, 1.807) is 12.0 Å². The second-order valence-corrected chi connectivity index (χ2v) is 4.84. The number of benzene rings is 1. The highest BCUT2D eigenvalue weighted by molar-refractivity contribution is 9.10. The number of halogens is 1. The second kappa shape index (κ2) is 6.77. The fourth-order valence-electron chi connectivity index (χ4n) is 1.59. The monoisotopic (exact) mass is 299 g/mol. The van der Waals surface area contributed by atoms with Crippen LogP contribution < -0.4 is 0 Å². The van der Waals surface area contributed by atoms with Gasteiger partial charge < -0.3 is 9.64 Å². The van der Waals surface area contributed by atoms with Crippen molar-refractivity contribution in [2.45, 2.75) is 13.3 Å². The van der Waals surface area contributed by atoms with Crippen molar-refractivity contribution in [1.82, 2.24) is 4.90 Å². The SMILES string of the molecule is COCCCN(C)C(=O)c1cccc(Br)c1C. The zero-order valence-electron chi connectivity index (χ0n) is 10.5. The van der Waals surface area contributed by atoms with Crippen LogP contribution in [-0.2, 0) is 4.74 Å². The number of rotatable bonds is 5. The summed E-state index contributed by atoms with van der Waals surface area (Å²) >= 11 is 3.44. The molecule has 0 aliphatic heterocycles. The van der Waals surface area contributed by atoms with Crippen LogP contribution in [0.1, 0.15) is 22.3 Å². The van der Waals surface area contributed by atoms with Crippen LogP contribution in [0.2, 0.25) is 0 Å². The van der Waals surface area contributed by atoms with Gasteiger partial charge in [0.1, 0.15) is 0 Å². The summed E-state index contributed by atoms with van der Waals surface area (Å²) in [6, 6.07) is 5.68. The molecule has 94 valence electrons. The fourth-order valence-corrected chi connectivity index (χ4v) is 1.96. The minimum Gasteiger partial charge on any atom is -0.385 e. The van der Waals surface area contributed by atoms with Crippen LogP contribution in [0.5, 0.6) is 0 Å². The molecule has 0 aliphatic rings. The van der Waals surface area contributed by atoms with Crippen molar-refractivity contribution < 1.29 is 9.53 Å². The number of carbonyl (C=O) groups is 1. The molecule has 0 spiro atoms. The molecule has 0 saturated carbocycles. The van der Waals surface area contributed by atoms with E-state index in [9.17, 15) is 4.79 Å². The van der Waals surface area contributed by atoms with E-state index in [4.69, 9.17) is 4.74 Å². The first-order valence-electron chi connectivity index (χ1n) is 5.57. The molecule has 0 atom stereocenters. The van der Waals surface area contributed by atoms with Gasteiger partial charge in [0, 0.05) is 37.3 Å². The van der Waals surface area contributed by atoms with E-state index in [0.29, 0.717) is 13.2 Å². The molecule has 0 unspecified atom stereocenters. The van der Waals surface area contributed by atoms with E-state index in [-0.39, 0.29) is 5.91 Å². The Bertz CT molecular complexity index is 393. The van der Waals surface area contributed by atoms with Gasteiger partial charge in [0.15, 0.2) is 0 Å². The molecule has 0 aliphatic carbocycles. The Morgan fingerprint density at radius 3 is 2.82 bits per heavy atom. The maximum absolute atomic E-state index is 12.2. The number of hydrogen-bond donors (Lipinski definition) is 0. The van der Waals surface area contributed by atoms with Gasteiger partial charge in [0.05, 0.1) is 0 Å². The van der Waals surface area contributed by atoms with Gasteiger partial charge in [-0.1, -0.05) is 22.0 Å². The Labute approximate surface area is 111 Å². The maximum atomic E-state index is 12.2.